The maximum atomic E-state index is 12.4. The van der Waals surface area contributed by atoms with Crippen molar-refractivity contribution in [3.8, 4) is 16.9 Å². The summed E-state index contributed by atoms with van der Waals surface area (Å²) in [5.74, 6) is -2.06. The zero-order valence-corrected chi connectivity index (χ0v) is 16.0. The highest BCUT2D eigenvalue weighted by Crippen LogP contribution is 2.28. The van der Waals surface area contributed by atoms with Crippen molar-refractivity contribution in [1.82, 2.24) is 10.2 Å². The van der Waals surface area contributed by atoms with Gasteiger partial charge in [0.1, 0.15) is 5.75 Å². The fourth-order valence-corrected chi connectivity index (χ4v) is 2.89. The van der Waals surface area contributed by atoms with Crippen molar-refractivity contribution in [3.63, 3.8) is 0 Å². The van der Waals surface area contributed by atoms with Gasteiger partial charge in [-0.1, -0.05) is 30.3 Å². The molecule has 2 heterocycles. The Hall–Kier alpha value is -3.82. The number of H-pyrrole nitrogens is 1. The Bertz CT molecular complexity index is 1030. The number of rotatable bonds is 3. The number of hydrogen-bond acceptors (Lipinski definition) is 4. The number of aromatic amines is 1. The SMILES string of the molecule is O=C(Nc1ccc(-c2cn[nH]c2)cc1)C1CCc2ccccc2O1.O=C(O)C(F)(F)F. The number of halogens is 3. The molecule has 7 nitrogen and oxygen atoms in total. The number of anilines is 1. The molecule has 0 radical (unpaired) electrons. The Morgan fingerprint density at radius 1 is 1.10 bits per heavy atom. The number of carbonyl (C=O) groups is 2. The van der Waals surface area contributed by atoms with Gasteiger partial charge in [0.15, 0.2) is 6.10 Å². The highest BCUT2D eigenvalue weighted by atomic mass is 19.4. The van der Waals surface area contributed by atoms with Crippen molar-refractivity contribution < 1.29 is 32.6 Å². The summed E-state index contributed by atoms with van der Waals surface area (Å²) < 4.78 is 37.6. The van der Waals surface area contributed by atoms with E-state index in [0.717, 1.165) is 34.5 Å². The van der Waals surface area contributed by atoms with Crippen molar-refractivity contribution in [2.45, 2.75) is 25.1 Å². The van der Waals surface area contributed by atoms with Gasteiger partial charge in [-0.25, -0.2) is 4.79 Å². The second kappa shape index (κ2) is 9.33. The number of aromatic nitrogens is 2. The molecule has 31 heavy (non-hydrogen) atoms. The van der Waals surface area contributed by atoms with E-state index in [2.05, 4.69) is 15.5 Å². The van der Waals surface area contributed by atoms with Crippen LogP contribution in [0.1, 0.15) is 12.0 Å². The fraction of sp³-hybridized carbons (Fsp3) is 0.190. The van der Waals surface area contributed by atoms with Crippen molar-refractivity contribution >= 4 is 17.6 Å². The van der Waals surface area contributed by atoms with E-state index in [1.807, 2.05) is 54.7 Å². The summed E-state index contributed by atoms with van der Waals surface area (Å²) >= 11 is 0. The number of alkyl halides is 3. The topological polar surface area (TPSA) is 104 Å². The maximum Gasteiger partial charge on any atom is 0.490 e. The third kappa shape index (κ3) is 5.84. The lowest BCUT2D eigenvalue weighted by Crippen LogP contribution is -2.35. The van der Waals surface area contributed by atoms with Gasteiger partial charge in [-0.15, -0.1) is 0 Å². The zero-order valence-electron chi connectivity index (χ0n) is 16.0. The Morgan fingerprint density at radius 2 is 1.77 bits per heavy atom. The minimum atomic E-state index is -5.08. The highest BCUT2D eigenvalue weighted by Gasteiger charge is 2.38. The predicted molar refractivity (Wildman–Crippen MR) is 106 cm³/mol. The number of aliphatic carboxylic acids is 1. The van der Waals surface area contributed by atoms with Crippen LogP contribution in [0.3, 0.4) is 0 Å². The van der Waals surface area contributed by atoms with Crippen molar-refractivity contribution in [2.75, 3.05) is 5.32 Å². The smallest absolute Gasteiger partial charge is 0.480 e. The summed E-state index contributed by atoms with van der Waals surface area (Å²) in [7, 11) is 0. The quantitative estimate of drug-likeness (QED) is 0.578. The lowest BCUT2D eigenvalue weighted by Gasteiger charge is -2.25. The third-order valence-electron chi connectivity index (χ3n) is 4.44. The molecule has 0 saturated heterocycles. The lowest BCUT2D eigenvalue weighted by atomic mass is 10.0. The fourth-order valence-electron chi connectivity index (χ4n) is 2.89. The third-order valence-corrected chi connectivity index (χ3v) is 4.44. The van der Waals surface area contributed by atoms with Crippen LogP contribution in [0.15, 0.2) is 60.9 Å². The second-order valence-electron chi connectivity index (χ2n) is 6.61. The average Bonchev–Trinajstić information content (AvgIpc) is 3.28. The minimum absolute atomic E-state index is 0.111. The number of carboxylic acids is 1. The van der Waals surface area contributed by atoms with Crippen LogP contribution in [0.5, 0.6) is 5.75 Å². The van der Waals surface area contributed by atoms with E-state index in [1.165, 1.54) is 0 Å². The molecule has 1 aliphatic rings. The first-order chi connectivity index (χ1) is 14.7. The number of para-hydroxylation sites is 1. The molecule has 0 fully saturated rings. The van der Waals surface area contributed by atoms with E-state index < -0.39 is 18.2 Å². The number of nitrogens with zero attached hydrogens (tertiary/aromatic N) is 1. The molecule has 1 amide bonds. The van der Waals surface area contributed by atoms with E-state index >= 15 is 0 Å². The summed E-state index contributed by atoms with van der Waals surface area (Å²) in [6, 6.07) is 15.5. The average molecular weight is 433 g/mol. The molecular weight excluding hydrogens is 415 g/mol. The van der Waals surface area contributed by atoms with Gasteiger partial charge in [-0.2, -0.15) is 18.3 Å². The zero-order chi connectivity index (χ0) is 22.4. The summed E-state index contributed by atoms with van der Waals surface area (Å²) in [5.41, 5.74) is 3.98. The van der Waals surface area contributed by atoms with Crippen LogP contribution >= 0.6 is 0 Å². The number of fused-ring (bicyclic) bond motifs is 1. The molecule has 1 unspecified atom stereocenters. The first-order valence-corrected chi connectivity index (χ1v) is 9.19. The van der Waals surface area contributed by atoms with Crippen LogP contribution in [0.2, 0.25) is 0 Å². The van der Waals surface area contributed by atoms with E-state index in [4.69, 9.17) is 14.6 Å². The van der Waals surface area contributed by atoms with Crippen molar-refractivity contribution in [3.05, 3.63) is 66.5 Å². The molecule has 1 aromatic heterocycles. The number of aryl methyl sites for hydroxylation is 1. The van der Waals surface area contributed by atoms with Gasteiger partial charge in [0.2, 0.25) is 0 Å². The molecule has 10 heteroatoms. The monoisotopic (exact) mass is 433 g/mol. The standard InChI is InChI=1S/C19H17N3O2.C2HF3O2/c23-19(18-10-7-14-3-1-2-4-17(14)24-18)22-16-8-5-13(6-9-16)15-11-20-21-12-15;3-2(4,5)1(6)7/h1-6,8-9,11-12,18H,7,10H2,(H,20,21)(H,22,23);(H,6,7). The number of amides is 1. The Labute approximate surface area is 174 Å². The van der Waals surface area contributed by atoms with Gasteiger partial charge in [0.05, 0.1) is 6.20 Å². The van der Waals surface area contributed by atoms with Crippen LogP contribution in [0, 0.1) is 0 Å². The van der Waals surface area contributed by atoms with Crippen molar-refractivity contribution in [1.29, 1.82) is 0 Å². The van der Waals surface area contributed by atoms with E-state index in [9.17, 15) is 18.0 Å². The van der Waals surface area contributed by atoms with E-state index in [1.54, 1.807) is 6.20 Å². The number of carbonyl (C=O) groups excluding carboxylic acids is 1. The molecule has 3 aromatic rings. The lowest BCUT2D eigenvalue weighted by molar-refractivity contribution is -0.192. The Kier molecular flexibility index (Phi) is 6.58. The number of nitrogens with one attached hydrogen (secondary N) is 2. The molecule has 0 spiro atoms. The maximum absolute atomic E-state index is 12.4. The Morgan fingerprint density at radius 3 is 2.39 bits per heavy atom. The second-order valence-corrected chi connectivity index (χ2v) is 6.61. The largest absolute Gasteiger partial charge is 0.490 e. The number of carboxylic acid groups (broad SMARTS) is 1. The number of hydrogen-bond donors (Lipinski definition) is 3. The first kappa shape index (κ1) is 21.9. The highest BCUT2D eigenvalue weighted by molar-refractivity contribution is 5.94. The molecule has 0 saturated carbocycles. The summed E-state index contributed by atoms with van der Waals surface area (Å²) in [5, 5.41) is 16.8. The van der Waals surface area contributed by atoms with Gasteiger partial charge >= 0.3 is 12.1 Å². The Balaban J connectivity index is 0.000000339. The van der Waals surface area contributed by atoms with Crippen LogP contribution < -0.4 is 10.1 Å². The summed E-state index contributed by atoms with van der Waals surface area (Å²) in [4.78, 5) is 21.3. The first-order valence-electron chi connectivity index (χ1n) is 9.19. The number of ether oxygens (including phenoxy) is 1. The van der Waals surface area contributed by atoms with E-state index in [0.29, 0.717) is 6.42 Å². The van der Waals surface area contributed by atoms with Gasteiger partial charge in [-0.05, 0) is 42.2 Å². The molecule has 0 aliphatic carbocycles. The molecule has 1 atom stereocenters. The molecule has 4 rings (SSSR count). The van der Waals surface area contributed by atoms with Crippen LogP contribution in [0.25, 0.3) is 11.1 Å². The van der Waals surface area contributed by atoms with Gasteiger partial charge in [0, 0.05) is 17.4 Å². The van der Waals surface area contributed by atoms with Crippen LogP contribution in [-0.2, 0) is 16.0 Å². The molecule has 0 bridgehead atoms. The van der Waals surface area contributed by atoms with Crippen LogP contribution in [-0.4, -0.2) is 39.5 Å². The molecular formula is C21H18F3N3O4. The van der Waals surface area contributed by atoms with Gasteiger partial charge < -0.3 is 15.2 Å². The summed E-state index contributed by atoms with van der Waals surface area (Å²) in [6.45, 7) is 0. The van der Waals surface area contributed by atoms with Crippen LogP contribution in [0.4, 0.5) is 18.9 Å². The normalized spacial score (nSPS) is 15.0. The number of benzene rings is 2. The molecule has 2 aromatic carbocycles. The predicted octanol–water partition coefficient (Wildman–Crippen LogP) is 4.04. The molecule has 162 valence electrons. The summed E-state index contributed by atoms with van der Waals surface area (Å²) in [6.07, 6.45) is -0.390. The minimum Gasteiger partial charge on any atom is -0.480 e. The molecule has 3 N–H and O–H groups in total. The molecule has 1 aliphatic heterocycles. The van der Waals surface area contributed by atoms with Gasteiger partial charge in [0.25, 0.3) is 5.91 Å². The van der Waals surface area contributed by atoms with Gasteiger partial charge in [-0.3, -0.25) is 9.89 Å². The van der Waals surface area contributed by atoms with Crippen molar-refractivity contribution in [2.24, 2.45) is 0 Å². The van der Waals surface area contributed by atoms with E-state index in [-0.39, 0.29) is 5.91 Å².